The zero-order valence-electron chi connectivity index (χ0n) is 19.3. The van der Waals surface area contributed by atoms with Crippen LogP contribution in [0.15, 0.2) is 60.9 Å². The zero-order chi connectivity index (χ0) is 23.2. The van der Waals surface area contributed by atoms with Crippen LogP contribution in [-0.2, 0) is 0 Å². The zero-order valence-corrected chi connectivity index (χ0v) is 20.1. The molecule has 2 aliphatic heterocycles. The molecule has 2 bridgehead atoms. The van der Waals surface area contributed by atoms with E-state index in [2.05, 4.69) is 46.0 Å². The molecule has 34 heavy (non-hydrogen) atoms. The van der Waals surface area contributed by atoms with E-state index in [9.17, 15) is 4.39 Å². The van der Waals surface area contributed by atoms with Crippen molar-refractivity contribution in [1.29, 1.82) is 0 Å². The molecule has 0 radical (unpaired) electrons. The van der Waals surface area contributed by atoms with Gasteiger partial charge in [-0.3, -0.25) is 4.90 Å². The first-order valence-corrected chi connectivity index (χ1v) is 12.6. The number of hydrogen-bond donors (Lipinski definition) is 0. The molecule has 5 nitrogen and oxygen atoms in total. The van der Waals surface area contributed by atoms with Crippen molar-refractivity contribution in [3.8, 4) is 16.2 Å². The van der Waals surface area contributed by atoms with Gasteiger partial charge in [0, 0.05) is 36.1 Å². The number of ether oxygens (including phenoxy) is 1. The molecule has 2 saturated heterocycles. The summed E-state index contributed by atoms with van der Waals surface area (Å²) in [5.41, 5.74) is 3.26. The van der Waals surface area contributed by atoms with Gasteiger partial charge >= 0.3 is 0 Å². The van der Waals surface area contributed by atoms with E-state index < -0.39 is 0 Å². The Morgan fingerprint density at radius 2 is 1.79 bits per heavy atom. The van der Waals surface area contributed by atoms with E-state index in [1.165, 1.54) is 30.5 Å². The fourth-order valence-electron chi connectivity index (χ4n) is 5.64. The van der Waals surface area contributed by atoms with E-state index in [1.807, 2.05) is 18.2 Å². The van der Waals surface area contributed by atoms with Crippen molar-refractivity contribution in [2.24, 2.45) is 0 Å². The van der Waals surface area contributed by atoms with Crippen LogP contribution in [0, 0.1) is 5.82 Å². The number of fused-ring (bicyclic) bond motifs is 3. The molecule has 2 fully saturated rings. The highest BCUT2D eigenvalue weighted by Gasteiger charge is 2.43. The van der Waals surface area contributed by atoms with Gasteiger partial charge in [0.15, 0.2) is 0 Å². The van der Waals surface area contributed by atoms with Gasteiger partial charge in [-0.1, -0.05) is 24.3 Å². The minimum atomic E-state index is -0.220. The molecule has 2 aromatic heterocycles. The Morgan fingerprint density at radius 3 is 2.53 bits per heavy atom. The molecular weight excluding hydrogens is 447 g/mol. The highest BCUT2D eigenvalue weighted by Crippen LogP contribution is 2.42. The summed E-state index contributed by atoms with van der Waals surface area (Å²) in [6.07, 6.45) is 4.08. The van der Waals surface area contributed by atoms with E-state index in [4.69, 9.17) is 9.72 Å². The minimum Gasteiger partial charge on any atom is -0.497 e. The topological polar surface area (TPSA) is 41.5 Å². The largest absolute Gasteiger partial charge is 0.497 e. The van der Waals surface area contributed by atoms with E-state index in [0.717, 1.165) is 45.3 Å². The molecule has 174 valence electrons. The number of methoxy groups -OCH3 is 1. The second-order valence-electron chi connectivity index (χ2n) is 9.22. The lowest BCUT2D eigenvalue weighted by Crippen LogP contribution is -2.54. The standard InChI is InChI=1S/C27H27FN4OS/c1-17(19-4-3-5-23(12-19)33-2)32-21-10-11-22(32)15-31(14-21)27-26-24(29-16-30-27)13-25(34-26)18-6-8-20(28)9-7-18/h3-9,12-13,16-17,21-22H,10-11,14-15H2,1-2H3/t17-,21?,22?/m0/s1. The van der Waals surface area contributed by atoms with Gasteiger partial charge in [-0.25, -0.2) is 14.4 Å². The van der Waals surface area contributed by atoms with Gasteiger partial charge < -0.3 is 9.64 Å². The minimum absolute atomic E-state index is 0.220. The van der Waals surface area contributed by atoms with E-state index in [1.54, 1.807) is 24.8 Å². The van der Waals surface area contributed by atoms with Crippen LogP contribution in [0.4, 0.5) is 10.2 Å². The summed E-state index contributed by atoms with van der Waals surface area (Å²) in [6.45, 7) is 4.23. The lowest BCUT2D eigenvalue weighted by molar-refractivity contribution is 0.119. The van der Waals surface area contributed by atoms with Crippen LogP contribution in [0.3, 0.4) is 0 Å². The lowest BCUT2D eigenvalue weighted by Gasteiger charge is -2.44. The molecule has 0 N–H and O–H groups in total. The first kappa shape index (κ1) is 21.5. The highest BCUT2D eigenvalue weighted by molar-refractivity contribution is 7.22. The molecule has 2 aromatic carbocycles. The molecule has 2 aliphatic rings. The third-order valence-electron chi connectivity index (χ3n) is 7.28. The van der Waals surface area contributed by atoms with Crippen molar-refractivity contribution < 1.29 is 9.13 Å². The average Bonchev–Trinajstić information content (AvgIpc) is 3.42. The predicted molar refractivity (Wildman–Crippen MR) is 135 cm³/mol. The number of benzene rings is 2. The normalized spacial score (nSPS) is 21.2. The maximum absolute atomic E-state index is 13.4. The Labute approximate surface area is 202 Å². The van der Waals surface area contributed by atoms with Crippen molar-refractivity contribution in [2.75, 3.05) is 25.1 Å². The Bertz CT molecular complexity index is 1310. The van der Waals surface area contributed by atoms with E-state index in [-0.39, 0.29) is 5.82 Å². The number of anilines is 1. The van der Waals surface area contributed by atoms with Crippen molar-refractivity contribution in [1.82, 2.24) is 14.9 Å². The molecule has 0 aliphatic carbocycles. The molecular formula is C27H27FN4OS. The van der Waals surface area contributed by atoms with Crippen LogP contribution >= 0.6 is 11.3 Å². The Balaban J connectivity index is 1.28. The quantitative estimate of drug-likeness (QED) is 0.359. The summed E-state index contributed by atoms with van der Waals surface area (Å²) in [5.74, 6) is 1.71. The van der Waals surface area contributed by atoms with Crippen molar-refractivity contribution >= 4 is 27.4 Å². The summed E-state index contributed by atoms with van der Waals surface area (Å²) < 4.78 is 20.0. The number of aromatic nitrogens is 2. The van der Waals surface area contributed by atoms with E-state index >= 15 is 0 Å². The summed E-state index contributed by atoms with van der Waals surface area (Å²) in [6, 6.07) is 18.5. The molecule has 0 spiro atoms. The molecule has 4 aromatic rings. The molecule has 6 rings (SSSR count). The molecule has 0 amide bonds. The van der Waals surface area contributed by atoms with Gasteiger partial charge in [-0.05, 0) is 61.2 Å². The maximum atomic E-state index is 13.4. The number of halogens is 1. The van der Waals surface area contributed by atoms with Crippen molar-refractivity contribution in [2.45, 2.75) is 37.9 Å². The summed E-state index contributed by atoms with van der Waals surface area (Å²) in [7, 11) is 1.72. The van der Waals surface area contributed by atoms with Gasteiger partial charge in [0.05, 0.1) is 17.3 Å². The fraction of sp³-hybridized carbons (Fsp3) is 0.333. The molecule has 7 heteroatoms. The predicted octanol–water partition coefficient (Wildman–Crippen LogP) is 5.92. The van der Waals surface area contributed by atoms with Crippen molar-refractivity contribution in [3.05, 3.63) is 72.3 Å². The number of hydrogen-bond acceptors (Lipinski definition) is 6. The number of thiophene rings is 1. The van der Waals surface area contributed by atoms with Crippen molar-refractivity contribution in [3.63, 3.8) is 0 Å². The number of rotatable bonds is 5. The summed E-state index contributed by atoms with van der Waals surface area (Å²) in [4.78, 5) is 15.5. The average molecular weight is 475 g/mol. The number of nitrogens with zero attached hydrogens (tertiary/aromatic N) is 4. The SMILES string of the molecule is COc1cccc([C@H](C)N2C3CCC2CN(c2ncnc4cc(-c5ccc(F)cc5)sc24)C3)c1. The summed E-state index contributed by atoms with van der Waals surface area (Å²) in [5, 5.41) is 0. The van der Waals surface area contributed by atoms with Gasteiger partial charge in [-0.15, -0.1) is 11.3 Å². The smallest absolute Gasteiger partial charge is 0.150 e. The third-order valence-corrected chi connectivity index (χ3v) is 8.45. The number of piperazine rings is 1. The highest BCUT2D eigenvalue weighted by atomic mass is 32.1. The van der Waals surface area contributed by atoms with Gasteiger partial charge in [0.25, 0.3) is 0 Å². The lowest BCUT2D eigenvalue weighted by atomic mass is 10.0. The first-order chi connectivity index (χ1) is 16.6. The second kappa shape index (κ2) is 8.64. The van der Waals surface area contributed by atoms with Crippen LogP contribution in [0.25, 0.3) is 20.7 Å². The van der Waals surface area contributed by atoms with Crippen LogP contribution in [0.2, 0.25) is 0 Å². The van der Waals surface area contributed by atoms with E-state index in [0.29, 0.717) is 18.1 Å². The molecule has 2 unspecified atom stereocenters. The molecule has 4 heterocycles. The van der Waals surface area contributed by atoms with Crippen LogP contribution in [0.5, 0.6) is 5.75 Å². The monoisotopic (exact) mass is 474 g/mol. The van der Waals surface area contributed by atoms with Crippen LogP contribution in [-0.4, -0.2) is 47.2 Å². The fourth-order valence-corrected chi connectivity index (χ4v) is 6.77. The van der Waals surface area contributed by atoms with Crippen LogP contribution < -0.4 is 9.64 Å². The first-order valence-electron chi connectivity index (χ1n) is 11.8. The summed E-state index contributed by atoms with van der Waals surface area (Å²) >= 11 is 1.69. The second-order valence-corrected chi connectivity index (χ2v) is 10.3. The maximum Gasteiger partial charge on any atom is 0.150 e. The Kier molecular flexibility index (Phi) is 5.46. The molecule has 0 saturated carbocycles. The third kappa shape index (κ3) is 3.73. The Hall–Kier alpha value is -3.03. The van der Waals surface area contributed by atoms with Crippen LogP contribution in [0.1, 0.15) is 31.4 Å². The van der Waals surface area contributed by atoms with Gasteiger partial charge in [0.1, 0.15) is 23.7 Å². The van der Waals surface area contributed by atoms with Gasteiger partial charge in [-0.2, -0.15) is 0 Å². The Morgan fingerprint density at radius 1 is 1.03 bits per heavy atom. The molecule has 3 atom stereocenters. The van der Waals surface area contributed by atoms with Gasteiger partial charge in [0.2, 0.25) is 0 Å².